The van der Waals surface area contributed by atoms with E-state index in [2.05, 4.69) is 4.98 Å². The van der Waals surface area contributed by atoms with E-state index in [4.69, 9.17) is 17.3 Å². The van der Waals surface area contributed by atoms with Crippen LogP contribution in [0.4, 0.5) is 0 Å². The largest absolute Gasteiger partial charge is 0.393 e. The van der Waals surface area contributed by atoms with Gasteiger partial charge >= 0.3 is 0 Å². The van der Waals surface area contributed by atoms with E-state index in [0.717, 1.165) is 11.3 Å². The Morgan fingerprint density at radius 2 is 2.21 bits per heavy atom. The maximum absolute atomic E-state index is 9.25. The molecule has 1 aromatic rings. The fourth-order valence-electron chi connectivity index (χ4n) is 1.93. The molecule has 0 unspecified atom stereocenters. The monoisotopic (exact) mass is 212 g/mol. The average molecular weight is 213 g/mol. The van der Waals surface area contributed by atoms with Gasteiger partial charge in [-0.05, 0) is 37.5 Å². The smallest absolute Gasteiger partial charge is 0.129 e. The Morgan fingerprint density at radius 1 is 1.57 bits per heavy atom. The number of nitrogens with zero attached hydrogens (tertiary/aromatic N) is 1. The van der Waals surface area contributed by atoms with Crippen LogP contribution in [0, 0.1) is 6.92 Å². The first-order valence-corrected chi connectivity index (χ1v) is 4.99. The van der Waals surface area contributed by atoms with Crippen molar-refractivity contribution in [1.82, 2.24) is 4.98 Å². The van der Waals surface area contributed by atoms with E-state index in [1.54, 1.807) is 6.07 Å². The lowest BCUT2D eigenvalue weighted by atomic mass is 9.71. The summed E-state index contributed by atoms with van der Waals surface area (Å²) in [6.07, 6.45) is 0.937. The van der Waals surface area contributed by atoms with Gasteiger partial charge < -0.3 is 10.8 Å². The normalized spacial score (nSPS) is 31.3. The molecule has 1 heterocycles. The highest BCUT2D eigenvalue weighted by molar-refractivity contribution is 6.29. The van der Waals surface area contributed by atoms with Crippen LogP contribution in [0.3, 0.4) is 0 Å². The third-order valence-corrected chi connectivity index (χ3v) is 2.89. The maximum atomic E-state index is 9.25. The molecule has 2 rings (SSSR count). The van der Waals surface area contributed by atoms with E-state index in [0.29, 0.717) is 18.0 Å². The Balaban J connectivity index is 2.32. The molecule has 0 bridgehead atoms. The molecule has 1 aliphatic carbocycles. The van der Waals surface area contributed by atoms with Gasteiger partial charge in [0.15, 0.2) is 0 Å². The molecule has 1 fully saturated rings. The zero-order chi connectivity index (χ0) is 10.3. The van der Waals surface area contributed by atoms with Gasteiger partial charge in [-0.15, -0.1) is 0 Å². The highest BCUT2D eigenvalue weighted by Gasteiger charge is 2.41. The number of aromatic nitrogens is 1. The second kappa shape index (κ2) is 3.19. The van der Waals surface area contributed by atoms with Crippen LogP contribution in [0.5, 0.6) is 0 Å². The van der Waals surface area contributed by atoms with Gasteiger partial charge in [-0.2, -0.15) is 0 Å². The molecule has 3 nitrogen and oxygen atoms in total. The molecule has 14 heavy (non-hydrogen) atoms. The molecular weight excluding hydrogens is 200 g/mol. The number of rotatable bonds is 1. The molecule has 0 radical (unpaired) electrons. The minimum Gasteiger partial charge on any atom is -0.393 e. The maximum Gasteiger partial charge on any atom is 0.129 e. The summed E-state index contributed by atoms with van der Waals surface area (Å²) in [5.41, 5.74) is 7.53. The van der Waals surface area contributed by atoms with Crippen molar-refractivity contribution in [3.63, 3.8) is 0 Å². The van der Waals surface area contributed by atoms with Crippen LogP contribution in [-0.2, 0) is 5.54 Å². The summed E-state index contributed by atoms with van der Waals surface area (Å²) in [7, 11) is 0. The van der Waals surface area contributed by atoms with Crippen LogP contribution < -0.4 is 5.73 Å². The highest BCUT2D eigenvalue weighted by Crippen LogP contribution is 2.39. The van der Waals surface area contributed by atoms with E-state index in [1.807, 2.05) is 13.0 Å². The van der Waals surface area contributed by atoms with Crippen molar-refractivity contribution in [2.75, 3.05) is 0 Å². The summed E-state index contributed by atoms with van der Waals surface area (Å²) in [4.78, 5) is 4.07. The highest BCUT2D eigenvalue weighted by atomic mass is 35.5. The number of halogens is 1. The SMILES string of the molecule is Cc1cc(C2(N)CC(O)C2)cc(Cl)n1. The van der Waals surface area contributed by atoms with Gasteiger partial charge in [-0.1, -0.05) is 11.6 Å². The summed E-state index contributed by atoms with van der Waals surface area (Å²) in [5.74, 6) is 0. The number of aryl methyl sites for hydroxylation is 1. The van der Waals surface area contributed by atoms with Gasteiger partial charge in [0.1, 0.15) is 5.15 Å². The van der Waals surface area contributed by atoms with Gasteiger partial charge in [0.25, 0.3) is 0 Å². The van der Waals surface area contributed by atoms with Crippen LogP contribution in [0.25, 0.3) is 0 Å². The van der Waals surface area contributed by atoms with Gasteiger partial charge in [0, 0.05) is 11.2 Å². The first-order chi connectivity index (χ1) is 6.49. The Kier molecular flexibility index (Phi) is 2.26. The minimum atomic E-state index is -0.406. The molecule has 76 valence electrons. The average Bonchev–Trinajstić information content (AvgIpc) is 1.99. The topological polar surface area (TPSA) is 59.1 Å². The van der Waals surface area contributed by atoms with E-state index in [1.165, 1.54) is 0 Å². The van der Waals surface area contributed by atoms with Crippen molar-refractivity contribution in [2.24, 2.45) is 5.73 Å². The van der Waals surface area contributed by atoms with Crippen molar-refractivity contribution in [2.45, 2.75) is 31.4 Å². The quantitative estimate of drug-likeness (QED) is 0.691. The fraction of sp³-hybridized carbons (Fsp3) is 0.500. The predicted octanol–water partition coefficient (Wildman–Crippen LogP) is 1.35. The van der Waals surface area contributed by atoms with E-state index >= 15 is 0 Å². The van der Waals surface area contributed by atoms with Crippen molar-refractivity contribution >= 4 is 11.6 Å². The zero-order valence-electron chi connectivity index (χ0n) is 8.00. The second-order valence-corrected chi connectivity index (χ2v) is 4.43. The number of nitrogens with two attached hydrogens (primary N) is 1. The van der Waals surface area contributed by atoms with E-state index in [9.17, 15) is 5.11 Å². The van der Waals surface area contributed by atoms with Crippen LogP contribution >= 0.6 is 11.6 Å². The number of aliphatic hydroxyl groups is 1. The third kappa shape index (κ3) is 1.63. The molecule has 0 spiro atoms. The molecule has 0 amide bonds. The zero-order valence-corrected chi connectivity index (χ0v) is 8.75. The van der Waals surface area contributed by atoms with Gasteiger partial charge in [0.2, 0.25) is 0 Å². The van der Waals surface area contributed by atoms with Crippen LogP contribution in [-0.4, -0.2) is 16.2 Å². The Bertz CT molecular complexity index is 341. The summed E-state index contributed by atoms with van der Waals surface area (Å²) in [6, 6.07) is 3.71. The lowest BCUT2D eigenvalue weighted by Gasteiger charge is -2.42. The van der Waals surface area contributed by atoms with E-state index in [-0.39, 0.29) is 6.10 Å². The van der Waals surface area contributed by atoms with Crippen molar-refractivity contribution in [3.8, 4) is 0 Å². The lowest BCUT2D eigenvalue weighted by Crippen LogP contribution is -2.51. The number of pyridine rings is 1. The van der Waals surface area contributed by atoms with Crippen molar-refractivity contribution in [3.05, 3.63) is 28.5 Å². The Morgan fingerprint density at radius 3 is 2.71 bits per heavy atom. The number of aliphatic hydroxyl groups excluding tert-OH is 1. The van der Waals surface area contributed by atoms with Gasteiger partial charge in [-0.3, -0.25) is 0 Å². The fourth-order valence-corrected chi connectivity index (χ4v) is 2.18. The number of hydrogen-bond acceptors (Lipinski definition) is 3. The predicted molar refractivity (Wildman–Crippen MR) is 55.1 cm³/mol. The standard InChI is InChI=1S/C10H13ClN2O/c1-6-2-7(3-9(11)13-6)10(12)4-8(14)5-10/h2-3,8,14H,4-5,12H2,1H3. The Labute approximate surface area is 87.9 Å². The van der Waals surface area contributed by atoms with Crippen LogP contribution in [0.2, 0.25) is 5.15 Å². The summed E-state index contributed by atoms with van der Waals surface area (Å²) in [5, 5.41) is 9.72. The molecule has 0 aromatic carbocycles. The molecule has 0 aliphatic heterocycles. The molecule has 4 heteroatoms. The molecule has 1 aliphatic rings. The van der Waals surface area contributed by atoms with Crippen molar-refractivity contribution < 1.29 is 5.11 Å². The first-order valence-electron chi connectivity index (χ1n) is 4.61. The lowest BCUT2D eigenvalue weighted by molar-refractivity contribution is 0.0209. The Hall–Kier alpha value is -0.640. The van der Waals surface area contributed by atoms with Gasteiger partial charge in [0.05, 0.1) is 6.10 Å². The minimum absolute atomic E-state index is 0.271. The summed E-state index contributed by atoms with van der Waals surface area (Å²) < 4.78 is 0. The van der Waals surface area contributed by atoms with Crippen LogP contribution in [0.1, 0.15) is 24.1 Å². The molecule has 0 atom stereocenters. The molecule has 1 saturated carbocycles. The molecule has 1 aromatic heterocycles. The summed E-state index contributed by atoms with van der Waals surface area (Å²) in [6.45, 7) is 1.88. The molecule has 0 saturated heterocycles. The van der Waals surface area contributed by atoms with Crippen LogP contribution in [0.15, 0.2) is 12.1 Å². The molecular formula is C10H13ClN2O. The van der Waals surface area contributed by atoms with Crippen molar-refractivity contribution in [1.29, 1.82) is 0 Å². The summed E-state index contributed by atoms with van der Waals surface area (Å²) >= 11 is 5.84. The van der Waals surface area contributed by atoms with Gasteiger partial charge in [-0.25, -0.2) is 4.98 Å². The third-order valence-electron chi connectivity index (χ3n) is 2.70. The van der Waals surface area contributed by atoms with E-state index < -0.39 is 5.54 Å². The molecule has 3 N–H and O–H groups in total. The number of hydrogen-bond donors (Lipinski definition) is 2. The second-order valence-electron chi connectivity index (χ2n) is 4.04. The first kappa shape index (κ1) is 9.90.